The van der Waals surface area contributed by atoms with Crippen molar-refractivity contribution in [2.24, 2.45) is 0 Å². The van der Waals surface area contributed by atoms with E-state index in [1.807, 2.05) is 44.2 Å². The third-order valence-corrected chi connectivity index (χ3v) is 7.08. The van der Waals surface area contributed by atoms with E-state index in [-0.39, 0.29) is 31.2 Å². The molecule has 1 aliphatic rings. The zero-order valence-electron chi connectivity index (χ0n) is 24.9. The number of fused-ring (bicyclic) bond motifs is 1. The van der Waals surface area contributed by atoms with Crippen LogP contribution in [0.2, 0.25) is 0 Å². The van der Waals surface area contributed by atoms with Gasteiger partial charge in [0.25, 0.3) is 0 Å². The van der Waals surface area contributed by atoms with Crippen LogP contribution in [0.3, 0.4) is 0 Å². The summed E-state index contributed by atoms with van der Waals surface area (Å²) in [4.78, 5) is 24.1. The summed E-state index contributed by atoms with van der Waals surface area (Å²) < 4.78 is 32.0. The number of aliphatic hydroxyl groups is 1. The predicted molar refractivity (Wildman–Crippen MR) is 161 cm³/mol. The van der Waals surface area contributed by atoms with Crippen molar-refractivity contribution in [2.75, 3.05) is 6.61 Å². The second-order valence-corrected chi connectivity index (χ2v) is 11.5. The molecule has 4 rings (SSSR count). The van der Waals surface area contributed by atoms with Crippen LogP contribution in [-0.2, 0) is 27.4 Å². The van der Waals surface area contributed by atoms with Crippen LogP contribution in [-0.4, -0.2) is 35.2 Å². The number of esters is 1. The molecule has 3 aromatic carbocycles. The van der Waals surface area contributed by atoms with Gasteiger partial charge < -0.3 is 19.3 Å². The van der Waals surface area contributed by atoms with Gasteiger partial charge in [-0.05, 0) is 61.1 Å². The standard InChI is InChI=1S/C35H39FO6/c1-6-40-30(39)19-27(38)18-26(37)16-17-28-31(22(2)3)29-20-35(4,5)42-33(29)34(41-21-23-10-8-7-9-11-23)32(28)24-12-14-25(36)15-13-24/h7-17,22,26,37H,6,18-21H2,1-5H3. The molecular weight excluding hydrogens is 535 g/mol. The number of carbonyl (C=O) groups excluding carboxylic acids is 2. The topological polar surface area (TPSA) is 82.1 Å². The van der Waals surface area contributed by atoms with Crippen LogP contribution in [0.4, 0.5) is 4.39 Å². The van der Waals surface area contributed by atoms with Crippen LogP contribution in [0.25, 0.3) is 17.2 Å². The van der Waals surface area contributed by atoms with Crippen molar-refractivity contribution in [2.45, 2.75) is 78.1 Å². The summed E-state index contributed by atoms with van der Waals surface area (Å²) in [5.41, 5.74) is 4.81. The van der Waals surface area contributed by atoms with Crippen molar-refractivity contribution in [3.63, 3.8) is 0 Å². The first-order chi connectivity index (χ1) is 20.0. The summed E-state index contributed by atoms with van der Waals surface area (Å²) in [5.74, 6) is -0.101. The maximum atomic E-state index is 14.0. The van der Waals surface area contributed by atoms with Gasteiger partial charge in [0.15, 0.2) is 11.5 Å². The number of ketones is 1. The number of hydrogen-bond donors (Lipinski definition) is 1. The fraction of sp³-hybridized carbons (Fsp3) is 0.371. The lowest BCUT2D eigenvalue weighted by atomic mass is 9.83. The Morgan fingerprint density at radius 1 is 1.10 bits per heavy atom. The first-order valence-electron chi connectivity index (χ1n) is 14.4. The van der Waals surface area contributed by atoms with E-state index in [2.05, 4.69) is 13.8 Å². The molecule has 3 aromatic rings. The Bertz CT molecular complexity index is 1440. The Hall–Kier alpha value is -3.97. The quantitative estimate of drug-likeness (QED) is 0.182. The molecule has 0 spiro atoms. The van der Waals surface area contributed by atoms with Gasteiger partial charge in [-0.15, -0.1) is 0 Å². The zero-order valence-corrected chi connectivity index (χ0v) is 24.9. The SMILES string of the molecule is CCOC(=O)CC(=O)CC(O)C=Cc1c(-c2ccc(F)cc2)c(OCc2ccccc2)c2c(c1C(C)C)CC(C)(C)O2. The lowest BCUT2D eigenvalue weighted by Gasteiger charge is -2.24. The molecular formula is C35H39FO6. The summed E-state index contributed by atoms with van der Waals surface area (Å²) in [7, 11) is 0. The Labute approximate surface area is 247 Å². The van der Waals surface area contributed by atoms with E-state index in [1.54, 1.807) is 31.2 Å². The first-order valence-corrected chi connectivity index (χ1v) is 14.4. The predicted octanol–water partition coefficient (Wildman–Crippen LogP) is 7.20. The van der Waals surface area contributed by atoms with Gasteiger partial charge in [-0.2, -0.15) is 0 Å². The third kappa shape index (κ3) is 7.45. The Balaban J connectivity index is 1.85. The lowest BCUT2D eigenvalue weighted by molar-refractivity contribution is -0.145. The highest BCUT2D eigenvalue weighted by atomic mass is 19.1. The largest absolute Gasteiger partial charge is 0.484 e. The van der Waals surface area contributed by atoms with Crippen molar-refractivity contribution >= 4 is 17.8 Å². The Morgan fingerprint density at radius 2 is 1.79 bits per heavy atom. The van der Waals surface area contributed by atoms with E-state index in [4.69, 9.17) is 14.2 Å². The average molecular weight is 575 g/mol. The Kier molecular flexibility index (Phi) is 9.84. The molecule has 1 atom stereocenters. The van der Waals surface area contributed by atoms with Crippen molar-refractivity contribution in [3.8, 4) is 22.6 Å². The minimum Gasteiger partial charge on any atom is -0.484 e. The Morgan fingerprint density at radius 3 is 2.43 bits per heavy atom. The van der Waals surface area contributed by atoms with Gasteiger partial charge in [-0.25, -0.2) is 4.39 Å². The van der Waals surface area contributed by atoms with E-state index in [1.165, 1.54) is 12.1 Å². The monoisotopic (exact) mass is 574 g/mol. The summed E-state index contributed by atoms with van der Waals surface area (Å²) >= 11 is 0. The smallest absolute Gasteiger partial charge is 0.313 e. The molecule has 0 fully saturated rings. The number of Topliss-reactive ketones (excluding diaryl/α,β-unsaturated/α-hetero) is 1. The number of benzene rings is 3. The number of aliphatic hydroxyl groups excluding tert-OH is 1. The molecule has 0 amide bonds. The first kappa shape index (κ1) is 31.0. The van der Waals surface area contributed by atoms with Gasteiger partial charge in [-0.3, -0.25) is 9.59 Å². The zero-order chi connectivity index (χ0) is 30.4. The molecule has 1 unspecified atom stereocenters. The molecule has 0 aromatic heterocycles. The molecule has 42 heavy (non-hydrogen) atoms. The molecule has 222 valence electrons. The van der Waals surface area contributed by atoms with Crippen LogP contribution in [0.5, 0.6) is 11.5 Å². The fourth-order valence-electron chi connectivity index (χ4n) is 5.37. The van der Waals surface area contributed by atoms with Gasteiger partial charge in [0.05, 0.1) is 12.7 Å². The highest BCUT2D eigenvalue weighted by Crippen LogP contribution is 2.53. The molecule has 1 aliphatic heterocycles. The third-order valence-electron chi connectivity index (χ3n) is 7.08. The van der Waals surface area contributed by atoms with E-state index < -0.39 is 23.5 Å². The molecule has 0 saturated carbocycles. The summed E-state index contributed by atoms with van der Waals surface area (Å²) in [6, 6.07) is 16.0. The normalized spacial score (nSPS) is 14.5. The summed E-state index contributed by atoms with van der Waals surface area (Å²) in [6.45, 7) is 10.4. The number of rotatable bonds is 12. The van der Waals surface area contributed by atoms with Crippen LogP contribution >= 0.6 is 0 Å². The van der Waals surface area contributed by atoms with E-state index in [0.29, 0.717) is 30.1 Å². The number of ether oxygens (including phenoxy) is 3. The second-order valence-electron chi connectivity index (χ2n) is 11.5. The van der Waals surface area contributed by atoms with Gasteiger partial charge in [0, 0.05) is 24.0 Å². The van der Waals surface area contributed by atoms with E-state index >= 15 is 0 Å². The van der Waals surface area contributed by atoms with Crippen molar-refractivity contribution in [1.29, 1.82) is 0 Å². The van der Waals surface area contributed by atoms with Gasteiger partial charge >= 0.3 is 5.97 Å². The van der Waals surface area contributed by atoms with Crippen LogP contribution in [0.15, 0.2) is 60.7 Å². The average Bonchev–Trinajstić information content (AvgIpc) is 3.25. The molecule has 0 radical (unpaired) electrons. The second kappa shape index (κ2) is 13.3. The summed E-state index contributed by atoms with van der Waals surface area (Å²) in [5, 5.41) is 10.8. The van der Waals surface area contributed by atoms with E-state index in [9.17, 15) is 19.1 Å². The van der Waals surface area contributed by atoms with Crippen molar-refractivity contribution in [3.05, 3.63) is 88.7 Å². The molecule has 7 heteroatoms. The fourth-order valence-corrected chi connectivity index (χ4v) is 5.37. The minimum atomic E-state index is -1.12. The lowest BCUT2D eigenvalue weighted by Crippen LogP contribution is -2.25. The molecule has 0 aliphatic carbocycles. The molecule has 1 N–H and O–H groups in total. The number of halogens is 1. The van der Waals surface area contributed by atoms with Crippen molar-refractivity contribution in [1.82, 2.24) is 0 Å². The highest BCUT2D eigenvalue weighted by Gasteiger charge is 2.38. The van der Waals surface area contributed by atoms with E-state index in [0.717, 1.165) is 27.8 Å². The maximum absolute atomic E-state index is 14.0. The molecule has 0 saturated heterocycles. The minimum absolute atomic E-state index is 0.0702. The molecule has 6 nitrogen and oxygen atoms in total. The molecule has 0 bridgehead atoms. The van der Waals surface area contributed by atoms with Gasteiger partial charge in [0.2, 0.25) is 0 Å². The van der Waals surface area contributed by atoms with Crippen molar-refractivity contribution < 1.29 is 33.3 Å². The summed E-state index contributed by atoms with van der Waals surface area (Å²) in [6.07, 6.45) is 2.28. The van der Waals surface area contributed by atoms with Crippen LogP contribution in [0.1, 0.15) is 75.6 Å². The highest BCUT2D eigenvalue weighted by molar-refractivity contribution is 5.96. The van der Waals surface area contributed by atoms with Crippen LogP contribution < -0.4 is 9.47 Å². The van der Waals surface area contributed by atoms with Gasteiger partial charge in [0.1, 0.15) is 30.2 Å². The van der Waals surface area contributed by atoms with Gasteiger partial charge in [-0.1, -0.05) is 68.5 Å². The molecule has 1 heterocycles. The number of hydrogen-bond acceptors (Lipinski definition) is 6. The maximum Gasteiger partial charge on any atom is 0.313 e. The number of carbonyl (C=O) groups is 2. The van der Waals surface area contributed by atoms with Crippen LogP contribution in [0, 0.1) is 5.82 Å².